The number of hydrogen-bond acceptors (Lipinski definition) is 8. The molecule has 1 fully saturated rings. The molecular weight excluding hydrogens is 534 g/mol. The minimum Gasteiger partial charge on any atom is -0.493 e. The van der Waals surface area contributed by atoms with Crippen LogP contribution < -0.4 is 20.1 Å². The number of nitrogens with zero attached hydrogens (tertiary/aromatic N) is 3. The Hall–Kier alpha value is -4.45. The third-order valence-electron chi connectivity index (χ3n) is 6.76. The van der Waals surface area contributed by atoms with Crippen molar-refractivity contribution in [2.75, 3.05) is 36.4 Å². The molecule has 2 N–H and O–H groups in total. The third kappa shape index (κ3) is 5.34. The lowest BCUT2D eigenvalue weighted by atomic mass is 10.0. The average Bonchev–Trinajstić information content (AvgIpc) is 3.45. The van der Waals surface area contributed by atoms with E-state index in [-0.39, 0.29) is 23.5 Å². The van der Waals surface area contributed by atoms with Gasteiger partial charge in [0.15, 0.2) is 27.0 Å². The molecule has 1 aliphatic heterocycles. The van der Waals surface area contributed by atoms with E-state index in [1.807, 2.05) is 6.07 Å². The van der Waals surface area contributed by atoms with E-state index in [0.717, 1.165) is 0 Å². The maximum Gasteiger partial charge on any atom is 0.256 e. The highest BCUT2D eigenvalue weighted by Crippen LogP contribution is 2.35. The largest absolute Gasteiger partial charge is 0.493 e. The lowest BCUT2D eigenvalue weighted by Gasteiger charge is -2.14. The zero-order chi connectivity index (χ0) is 28.6. The second-order valence-electron chi connectivity index (χ2n) is 9.63. The second-order valence-corrected chi connectivity index (χ2v) is 11.9. The number of carbonyl (C=O) groups excluding carboxylic acids is 2. The number of amides is 2. The monoisotopic (exact) mass is 563 g/mol. The van der Waals surface area contributed by atoms with Crippen LogP contribution in [0.4, 0.5) is 11.4 Å². The number of rotatable bonds is 7. The van der Waals surface area contributed by atoms with Gasteiger partial charge in [-0.25, -0.2) is 18.1 Å². The van der Waals surface area contributed by atoms with Gasteiger partial charge in [0.25, 0.3) is 5.91 Å². The molecule has 2 aromatic carbocycles. The van der Waals surface area contributed by atoms with Gasteiger partial charge in [-0.2, -0.15) is 5.10 Å². The van der Waals surface area contributed by atoms with E-state index in [4.69, 9.17) is 14.5 Å². The van der Waals surface area contributed by atoms with Gasteiger partial charge in [-0.3, -0.25) is 9.59 Å². The summed E-state index contributed by atoms with van der Waals surface area (Å²) in [6.07, 6.45) is 0.415. The van der Waals surface area contributed by atoms with Gasteiger partial charge in [-0.05, 0) is 55.8 Å². The van der Waals surface area contributed by atoms with Gasteiger partial charge in [0, 0.05) is 23.9 Å². The van der Waals surface area contributed by atoms with Gasteiger partial charge in [0.2, 0.25) is 5.91 Å². The van der Waals surface area contributed by atoms with Crippen LogP contribution in [0.15, 0.2) is 48.5 Å². The quantitative estimate of drug-likeness (QED) is 0.344. The molecule has 0 saturated carbocycles. The zero-order valence-electron chi connectivity index (χ0n) is 22.5. The van der Waals surface area contributed by atoms with Crippen molar-refractivity contribution in [1.82, 2.24) is 14.8 Å². The highest BCUT2D eigenvalue weighted by atomic mass is 32.2. The number of pyridine rings is 1. The van der Waals surface area contributed by atoms with Crippen LogP contribution in [0.3, 0.4) is 0 Å². The van der Waals surface area contributed by atoms with Crippen molar-refractivity contribution in [2.45, 2.75) is 26.3 Å². The summed E-state index contributed by atoms with van der Waals surface area (Å²) < 4.78 is 37.0. The summed E-state index contributed by atoms with van der Waals surface area (Å²) in [5.74, 6) is 0.441. The summed E-state index contributed by atoms with van der Waals surface area (Å²) in [7, 11) is -0.113. The topological polar surface area (TPSA) is 142 Å². The Labute approximate surface area is 231 Å². The number of methoxy groups -OCH3 is 2. The first-order valence-electron chi connectivity index (χ1n) is 12.6. The van der Waals surface area contributed by atoms with Crippen molar-refractivity contribution in [3.63, 3.8) is 0 Å². The SMILES string of the molecule is COc1ccc(-c2cc(C(=O)Nc3cccc(NC(C)=O)c3)c3c(C)nn(C4CCS(=O)(=O)C4)c3n2)cc1OC. The lowest BCUT2D eigenvalue weighted by Crippen LogP contribution is -2.15. The molecule has 3 heterocycles. The van der Waals surface area contributed by atoms with Crippen LogP contribution in [-0.2, 0) is 14.6 Å². The van der Waals surface area contributed by atoms with E-state index in [0.29, 0.717) is 62.8 Å². The number of hydrogen-bond donors (Lipinski definition) is 2. The highest BCUT2D eigenvalue weighted by Gasteiger charge is 2.32. The summed E-state index contributed by atoms with van der Waals surface area (Å²) in [6.45, 7) is 3.18. The van der Waals surface area contributed by atoms with E-state index in [1.165, 1.54) is 14.0 Å². The van der Waals surface area contributed by atoms with Crippen molar-refractivity contribution in [1.29, 1.82) is 0 Å². The van der Waals surface area contributed by atoms with Crippen LogP contribution in [0, 0.1) is 6.92 Å². The number of fused-ring (bicyclic) bond motifs is 1. The van der Waals surface area contributed by atoms with E-state index < -0.39 is 15.7 Å². The van der Waals surface area contributed by atoms with Gasteiger partial charge >= 0.3 is 0 Å². The molecule has 11 nitrogen and oxygen atoms in total. The number of carbonyl (C=O) groups is 2. The number of ether oxygens (including phenoxy) is 2. The number of sulfone groups is 1. The van der Waals surface area contributed by atoms with Crippen molar-refractivity contribution >= 4 is 44.1 Å². The van der Waals surface area contributed by atoms with Crippen LogP contribution in [0.2, 0.25) is 0 Å². The third-order valence-corrected chi connectivity index (χ3v) is 8.51. The van der Waals surface area contributed by atoms with E-state index in [1.54, 1.807) is 61.2 Å². The Kier molecular flexibility index (Phi) is 7.19. The van der Waals surface area contributed by atoms with Crippen molar-refractivity contribution in [3.05, 3.63) is 59.8 Å². The zero-order valence-corrected chi connectivity index (χ0v) is 23.3. The van der Waals surface area contributed by atoms with Crippen LogP contribution in [0.25, 0.3) is 22.3 Å². The number of anilines is 2. The molecular formula is C28H29N5O6S. The minimum atomic E-state index is -3.19. The van der Waals surface area contributed by atoms with Gasteiger partial charge in [-0.1, -0.05) is 6.07 Å². The summed E-state index contributed by atoms with van der Waals surface area (Å²) >= 11 is 0. The first kappa shape index (κ1) is 27.1. The summed E-state index contributed by atoms with van der Waals surface area (Å²) in [5.41, 5.74) is 3.48. The van der Waals surface area contributed by atoms with Crippen LogP contribution >= 0.6 is 0 Å². The molecule has 4 aromatic rings. The first-order valence-corrected chi connectivity index (χ1v) is 14.4. The smallest absolute Gasteiger partial charge is 0.256 e. The Bertz CT molecular complexity index is 1750. The van der Waals surface area contributed by atoms with Crippen LogP contribution in [0.1, 0.15) is 35.4 Å². The highest BCUT2D eigenvalue weighted by molar-refractivity contribution is 7.91. The molecule has 1 aliphatic rings. The maximum atomic E-state index is 13.8. The Morgan fingerprint density at radius 2 is 1.73 bits per heavy atom. The van der Waals surface area contributed by atoms with Crippen molar-refractivity contribution in [2.24, 2.45) is 0 Å². The molecule has 0 aliphatic carbocycles. The summed E-state index contributed by atoms with van der Waals surface area (Å²) in [5, 5.41) is 10.8. The fraction of sp³-hybridized carbons (Fsp3) is 0.286. The van der Waals surface area contributed by atoms with E-state index >= 15 is 0 Å². The molecule has 5 rings (SSSR count). The normalized spacial score (nSPS) is 16.1. The molecule has 2 amide bonds. The van der Waals surface area contributed by atoms with Gasteiger partial charge in [0.05, 0.1) is 54.1 Å². The number of aromatic nitrogens is 3. The van der Waals surface area contributed by atoms with Gasteiger partial charge < -0.3 is 20.1 Å². The molecule has 1 saturated heterocycles. The molecule has 0 spiro atoms. The number of nitrogens with one attached hydrogen (secondary N) is 2. The molecule has 0 bridgehead atoms. The van der Waals surface area contributed by atoms with Crippen molar-refractivity contribution in [3.8, 4) is 22.8 Å². The Balaban J connectivity index is 1.65. The molecule has 40 heavy (non-hydrogen) atoms. The second kappa shape index (κ2) is 10.6. The molecule has 1 atom stereocenters. The number of aryl methyl sites for hydroxylation is 1. The standard InChI is InChI=1S/C28H29N5O6S/c1-16-26-22(28(35)30-20-7-5-6-19(13-20)29-17(2)34)14-23(18-8-9-24(38-3)25(12-18)39-4)31-27(26)33(32-16)21-10-11-40(36,37)15-21/h5-9,12-14,21H,10-11,15H2,1-4H3,(H,29,34)(H,30,35). The predicted octanol–water partition coefficient (Wildman–Crippen LogP) is 3.99. The molecule has 0 radical (unpaired) electrons. The van der Waals surface area contributed by atoms with E-state index in [9.17, 15) is 18.0 Å². The van der Waals surface area contributed by atoms with Crippen molar-refractivity contribution < 1.29 is 27.5 Å². The average molecular weight is 564 g/mol. The first-order chi connectivity index (χ1) is 19.1. The van der Waals surface area contributed by atoms with E-state index in [2.05, 4.69) is 15.7 Å². The fourth-order valence-electron chi connectivity index (χ4n) is 4.93. The predicted molar refractivity (Wildman–Crippen MR) is 152 cm³/mol. The lowest BCUT2D eigenvalue weighted by molar-refractivity contribution is -0.114. The Morgan fingerprint density at radius 1 is 1.00 bits per heavy atom. The minimum absolute atomic E-state index is 0.0387. The summed E-state index contributed by atoms with van der Waals surface area (Å²) in [4.78, 5) is 30.1. The maximum absolute atomic E-state index is 13.8. The van der Waals surface area contributed by atoms with Crippen LogP contribution in [-0.4, -0.2) is 60.7 Å². The van der Waals surface area contributed by atoms with Gasteiger partial charge in [0.1, 0.15) is 0 Å². The number of benzene rings is 2. The van der Waals surface area contributed by atoms with Gasteiger partial charge in [-0.15, -0.1) is 0 Å². The van der Waals surface area contributed by atoms with Crippen LogP contribution in [0.5, 0.6) is 11.5 Å². The Morgan fingerprint density at radius 3 is 2.38 bits per heavy atom. The fourth-order valence-corrected chi connectivity index (χ4v) is 6.63. The molecule has 1 unspecified atom stereocenters. The molecule has 12 heteroatoms. The molecule has 2 aromatic heterocycles. The summed E-state index contributed by atoms with van der Waals surface area (Å²) in [6, 6.07) is 13.4. The molecule has 208 valence electrons.